The summed E-state index contributed by atoms with van der Waals surface area (Å²) >= 11 is 3.67. The van der Waals surface area contributed by atoms with E-state index >= 15 is 0 Å². The third kappa shape index (κ3) is 4.89. The fourth-order valence-corrected chi connectivity index (χ4v) is 11.5. The van der Waals surface area contributed by atoms with Gasteiger partial charge in [0.15, 0.2) is 17.5 Å². The van der Waals surface area contributed by atoms with E-state index in [1.165, 1.54) is 63.3 Å². The highest BCUT2D eigenvalue weighted by Crippen LogP contribution is 2.62. The molecule has 0 fully saturated rings. The van der Waals surface area contributed by atoms with Crippen molar-refractivity contribution in [2.45, 2.75) is 15.2 Å². The zero-order valence-corrected chi connectivity index (χ0v) is 32.2. The highest BCUT2D eigenvalue weighted by molar-refractivity contribution is 7.99. The normalized spacial score (nSPS) is 13.3. The van der Waals surface area contributed by atoms with Crippen molar-refractivity contribution >= 4 is 43.3 Å². The van der Waals surface area contributed by atoms with Crippen LogP contribution in [0.1, 0.15) is 22.3 Å². The van der Waals surface area contributed by atoms with Gasteiger partial charge in [0.25, 0.3) is 0 Å². The van der Waals surface area contributed by atoms with Crippen LogP contribution in [-0.4, -0.2) is 15.0 Å². The van der Waals surface area contributed by atoms with Crippen LogP contribution in [0.4, 0.5) is 0 Å². The van der Waals surface area contributed by atoms with Gasteiger partial charge in [-0.3, -0.25) is 0 Å². The maximum atomic E-state index is 5.27. The number of fused-ring (bicyclic) bond motifs is 12. The van der Waals surface area contributed by atoms with Crippen LogP contribution in [0.5, 0.6) is 0 Å². The van der Waals surface area contributed by atoms with E-state index in [4.69, 9.17) is 15.0 Å². The molecule has 0 N–H and O–H groups in total. The molecule has 0 saturated carbocycles. The minimum Gasteiger partial charge on any atom is -0.208 e. The molecule has 1 aliphatic heterocycles. The minimum atomic E-state index is -0.457. The van der Waals surface area contributed by atoms with Crippen molar-refractivity contribution in [3.05, 3.63) is 210 Å². The van der Waals surface area contributed by atoms with Gasteiger partial charge in [-0.2, -0.15) is 0 Å². The maximum absolute atomic E-state index is 5.27. The molecule has 0 saturated heterocycles. The third-order valence-corrected chi connectivity index (χ3v) is 13.9. The molecule has 12 rings (SSSR count). The average Bonchev–Trinajstić information content (AvgIpc) is 3.80. The predicted molar refractivity (Wildman–Crippen MR) is 236 cm³/mol. The molecule has 0 amide bonds. The van der Waals surface area contributed by atoms with E-state index in [1.54, 1.807) is 11.3 Å². The van der Waals surface area contributed by atoms with Crippen molar-refractivity contribution in [2.75, 3.05) is 0 Å². The van der Waals surface area contributed by atoms with E-state index in [0.29, 0.717) is 17.5 Å². The van der Waals surface area contributed by atoms with Gasteiger partial charge >= 0.3 is 0 Å². The molecule has 1 aliphatic carbocycles. The number of thiophene rings is 1. The average molecular weight is 762 g/mol. The summed E-state index contributed by atoms with van der Waals surface area (Å²) in [5.41, 5.74) is 12.5. The second-order valence-corrected chi connectivity index (χ2v) is 16.8. The molecule has 0 bridgehead atoms. The first-order chi connectivity index (χ1) is 28.2. The van der Waals surface area contributed by atoms with Crippen molar-refractivity contribution < 1.29 is 0 Å². The van der Waals surface area contributed by atoms with Crippen LogP contribution in [0.15, 0.2) is 198 Å². The van der Waals surface area contributed by atoms with Gasteiger partial charge in [-0.15, -0.1) is 11.3 Å². The first-order valence-electron chi connectivity index (χ1n) is 19.2. The molecule has 5 heteroatoms. The number of aromatic nitrogens is 3. The molecule has 3 nitrogen and oxygen atoms in total. The lowest BCUT2D eigenvalue weighted by Gasteiger charge is -2.40. The van der Waals surface area contributed by atoms with Crippen LogP contribution in [0, 0.1) is 0 Å². The van der Waals surface area contributed by atoms with Gasteiger partial charge in [0, 0.05) is 46.7 Å². The van der Waals surface area contributed by atoms with E-state index < -0.39 is 5.41 Å². The third-order valence-electron chi connectivity index (χ3n) is 11.6. The van der Waals surface area contributed by atoms with E-state index in [2.05, 4.69) is 170 Å². The Kier molecular flexibility index (Phi) is 7.25. The lowest BCUT2D eigenvalue weighted by Crippen LogP contribution is -2.32. The molecule has 10 aromatic rings. The van der Waals surface area contributed by atoms with Crippen LogP contribution >= 0.6 is 23.1 Å². The number of benzene rings is 8. The first-order valence-corrected chi connectivity index (χ1v) is 20.8. The maximum Gasteiger partial charge on any atom is 0.164 e. The Labute approximate surface area is 338 Å². The Hall–Kier alpha value is -6.66. The standard InChI is InChI=1S/C52H31N3S2/c1-2-14-32(15-3-1)49-53-50(34-26-28-39-38-19-8-12-24-45(38)56-48(39)31-34)55-51(54-49)40-20-5-4-16-35(40)33-27-29-47-44(30-33)52(43-23-11-13-25-46(43)57-47)41-21-9-6-17-36(41)37-18-7-10-22-42(37)52/h1-31H. The summed E-state index contributed by atoms with van der Waals surface area (Å²) in [5, 5.41) is 2.53. The summed E-state index contributed by atoms with van der Waals surface area (Å²) in [4.78, 5) is 18.2. The molecule has 0 radical (unpaired) electrons. The molecule has 1 spiro atoms. The first kappa shape index (κ1) is 32.6. The summed E-state index contributed by atoms with van der Waals surface area (Å²) in [6, 6.07) is 67.9. The molecular weight excluding hydrogens is 731 g/mol. The molecule has 2 aliphatic rings. The monoisotopic (exact) mass is 761 g/mol. The van der Waals surface area contributed by atoms with Crippen LogP contribution in [0.25, 0.3) is 76.6 Å². The van der Waals surface area contributed by atoms with Crippen molar-refractivity contribution in [2.24, 2.45) is 0 Å². The number of hydrogen-bond acceptors (Lipinski definition) is 5. The van der Waals surface area contributed by atoms with Crippen LogP contribution < -0.4 is 0 Å². The SMILES string of the molecule is c1ccc(-c2nc(-c3ccc4c(c3)sc3ccccc34)nc(-c3ccccc3-c3ccc4c(c3)C3(c5ccccc5S4)c4ccccc4-c4ccccc43)n2)cc1. The van der Waals surface area contributed by atoms with Gasteiger partial charge in [0.2, 0.25) is 0 Å². The van der Waals surface area contributed by atoms with E-state index in [-0.39, 0.29) is 0 Å². The molecule has 266 valence electrons. The topological polar surface area (TPSA) is 38.7 Å². The minimum absolute atomic E-state index is 0.457. The Balaban J connectivity index is 1.07. The summed E-state index contributed by atoms with van der Waals surface area (Å²) in [6.45, 7) is 0. The van der Waals surface area contributed by atoms with Crippen molar-refractivity contribution in [3.8, 4) is 56.4 Å². The molecule has 57 heavy (non-hydrogen) atoms. The second kappa shape index (κ2) is 12.7. The largest absolute Gasteiger partial charge is 0.208 e. The van der Waals surface area contributed by atoms with Crippen molar-refractivity contribution in [3.63, 3.8) is 0 Å². The lowest BCUT2D eigenvalue weighted by molar-refractivity contribution is 0.723. The van der Waals surface area contributed by atoms with Crippen molar-refractivity contribution in [1.29, 1.82) is 0 Å². The van der Waals surface area contributed by atoms with Gasteiger partial charge in [0.05, 0.1) is 5.41 Å². The highest BCUT2D eigenvalue weighted by atomic mass is 32.2. The molecule has 0 atom stereocenters. The lowest BCUT2D eigenvalue weighted by atomic mass is 9.67. The van der Waals surface area contributed by atoms with E-state index in [1.807, 2.05) is 30.0 Å². The summed E-state index contributed by atoms with van der Waals surface area (Å²) in [6.07, 6.45) is 0. The Morgan fingerprint density at radius 3 is 1.68 bits per heavy atom. The Morgan fingerprint density at radius 2 is 0.895 bits per heavy atom. The molecule has 8 aromatic carbocycles. The number of nitrogens with zero attached hydrogens (tertiary/aromatic N) is 3. The Morgan fingerprint density at radius 1 is 0.333 bits per heavy atom. The van der Waals surface area contributed by atoms with Gasteiger partial charge < -0.3 is 0 Å². The number of hydrogen-bond donors (Lipinski definition) is 0. The molecular formula is C52H31N3S2. The highest BCUT2D eigenvalue weighted by Gasteiger charge is 2.50. The van der Waals surface area contributed by atoms with Gasteiger partial charge in [0.1, 0.15) is 0 Å². The molecule has 0 unspecified atom stereocenters. The second-order valence-electron chi connectivity index (χ2n) is 14.7. The van der Waals surface area contributed by atoms with Gasteiger partial charge in [-0.1, -0.05) is 169 Å². The fraction of sp³-hybridized carbons (Fsp3) is 0.0192. The summed E-state index contributed by atoms with van der Waals surface area (Å²) in [7, 11) is 0. The van der Waals surface area contributed by atoms with Crippen LogP contribution in [-0.2, 0) is 5.41 Å². The summed E-state index contributed by atoms with van der Waals surface area (Å²) in [5.74, 6) is 1.96. The molecule has 3 heterocycles. The smallest absolute Gasteiger partial charge is 0.164 e. The van der Waals surface area contributed by atoms with Crippen LogP contribution in [0.2, 0.25) is 0 Å². The molecule has 2 aromatic heterocycles. The van der Waals surface area contributed by atoms with Crippen molar-refractivity contribution in [1.82, 2.24) is 15.0 Å². The predicted octanol–water partition coefficient (Wildman–Crippen LogP) is 13.7. The van der Waals surface area contributed by atoms with E-state index in [0.717, 1.165) is 27.8 Å². The zero-order chi connectivity index (χ0) is 37.5. The summed E-state index contributed by atoms with van der Waals surface area (Å²) < 4.78 is 2.49. The van der Waals surface area contributed by atoms with Gasteiger partial charge in [-0.25, -0.2) is 15.0 Å². The fourth-order valence-electron chi connectivity index (χ4n) is 9.16. The zero-order valence-electron chi connectivity index (χ0n) is 30.6. The van der Waals surface area contributed by atoms with Gasteiger partial charge in [-0.05, 0) is 74.8 Å². The Bertz CT molecular complexity index is 3190. The quantitative estimate of drug-likeness (QED) is 0.179. The van der Waals surface area contributed by atoms with Crippen LogP contribution in [0.3, 0.4) is 0 Å². The number of rotatable bonds is 4. The van der Waals surface area contributed by atoms with E-state index in [9.17, 15) is 0 Å².